The highest BCUT2D eigenvalue weighted by Crippen LogP contribution is 2.67. The molecule has 5 aliphatic rings. The molecule has 2 heteroatoms. The minimum atomic E-state index is -0.103. The van der Waals surface area contributed by atoms with E-state index in [2.05, 4.69) is 32.9 Å². The Morgan fingerprint density at radius 1 is 1.11 bits per heavy atom. The third kappa shape index (κ3) is 2.73. The van der Waals surface area contributed by atoms with Crippen molar-refractivity contribution in [2.45, 2.75) is 84.7 Å². The van der Waals surface area contributed by atoms with Gasteiger partial charge in [0.05, 0.1) is 12.7 Å². The fourth-order valence-corrected chi connectivity index (χ4v) is 8.42. The van der Waals surface area contributed by atoms with Crippen LogP contribution in [-0.2, 0) is 4.74 Å². The van der Waals surface area contributed by atoms with Crippen LogP contribution < -0.4 is 0 Å². The molecule has 8 atom stereocenters. The second kappa shape index (κ2) is 6.98. The molecule has 5 rings (SSSR count). The highest BCUT2D eigenvalue weighted by atomic mass is 16.5. The van der Waals surface area contributed by atoms with E-state index in [1.54, 1.807) is 11.1 Å². The van der Waals surface area contributed by atoms with Crippen LogP contribution in [0.5, 0.6) is 0 Å². The zero-order valence-electron chi connectivity index (χ0n) is 18.3. The highest BCUT2D eigenvalue weighted by Gasteiger charge is 2.59. The molecule has 4 aliphatic carbocycles. The Hall–Kier alpha value is -0.600. The Bertz CT molecular complexity index is 672. The van der Waals surface area contributed by atoms with E-state index in [1.165, 1.54) is 44.9 Å². The number of rotatable bonds is 2. The van der Waals surface area contributed by atoms with Gasteiger partial charge in [0.25, 0.3) is 0 Å². The number of aliphatic hydroxyl groups excluding tert-OH is 1. The van der Waals surface area contributed by atoms with Crippen molar-refractivity contribution in [3.63, 3.8) is 0 Å². The summed E-state index contributed by atoms with van der Waals surface area (Å²) in [6.07, 6.45) is 16.2. The van der Waals surface area contributed by atoms with Gasteiger partial charge in [-0.15, -0.1) is 0 Å². The van der Waals surface area contributed by atoms with Gasteiger partial charge < -0.3 is 9.84 Å². The Labute approximate surface area is 171 Å². The van der Waals surface area contributed by atoms with Crippen molar-refractivity contribution in [3.8, 4) is 0 Å². The molecule has 28 heavy (non-hydrogen) atoms. The predicted octanol–water partition coefficient (Wildman–Crippen LogP) is 5.91. The van der Waals surface area contributed by atoms with Crippen molar-refractivity contribution >= 4 is 0 Å². The van der Waals surface area contributed by atoms with E-state index in [9.17, 15) is 5.11 Å². The second-order valence-corrected chi connectivity index (χ2v) is 11.1. The van der Waals surface area contributed by atoms with Crippen LogP contribution in [0.1, 0.15) is 78.6 Å². The Kier molecular flexibility index (Phi) is 4.83. The molecule has 2 saturated carbocycles. The van der Waals surface area contributed by atoms with Crippen molar-refractivity contribution in [1.29, 1.82) is 0 Å². The SMILES string of the molecule is CC[C@H]1C=C2C[C@@H](O)CC[C@]2(C)[C@H]2CC[C@]3(C)C(C4CCCOC4)=CC[C@H]3[C@H]12. The summed E-state index contributed by atoms with van der Waals surface area (Å²) in [5.41, 5.74) is 4.11. The van der Waals surface area contributed by atoms with Crippen molar-refractivity contribution in [3.05, 3.63) is 23.3 Å². The molecule has 0 aromatic heterocycles. The molecule has 0 amide bonds. The third-order valence-corrected chi connectivity index (χ3v) is 9.96. The van der Waals surface area contributed by atoms with E-state index in [-0.39, 0.29) is 6.10 Å². The molecule has 2 nitrogen and oxygen atoms in total. The fourth-order valence-electron chi connectivity index (χ4n) is 8.42. The molecule has 156 valence electrons. The van der Waals surface area contributed by atoms with Crippen LogP contribution in [0.15, 0.2) is 23.3 Å². The largest absolute Gasteiger partial charge is 0.393 e. The van der Waals surface area contributed by atoms with Gasteiger partial charge in [-0.25, -0.2) is 0 Å². The number of ether oxygens (including phenoxy) is 1. The quantitative estimate of drug-likeness (QED) is 0.600. The van der Waals surface area contributed by atoms with Crippen molar-refractivity contribution in [2.75, 3.05) is 13.2 Å². The first kappa shape index (κ1) is 19.4. The van der Waals surface area contributed by atoms with E-state index in [1.807, 2.05) is 0 Å². The van der Waals surface area contributed by atoms with Gasteiger partial charge in [0.15, 0.2) is 0 Å². The summed E-state index contributed by atoms with van der Waals surface area (Å²) < 4.78 is 5.89. The first-order chi connectivity index (χ1) is 13.5. The maximum absolute atomic E-state index is 10.3. The fraction of sp³-hybridized carbons (Fsp3) is 0.846. The standard InChI is InChI=1S/C26H40O2/c1-4-17-14-19-15-20(27)9-11-25(19,2)23-10-12-26(3)21(7-8-22(26)24(17)23)18-6-5-13-28-16-18/h7,14,17-18,20,22-24,27H,4-6,8-13,15-16H2,1-3H3/t17-,18?,20-,22-,23-,24-,25-,26+/m0/s1. The minimum Gasteiger partial charge on any atom is -0.393 e. The number of hydrogen-bond acceptors (Lipinski definition) is 2. The minimum absolute atomic E-state index is 0.103. The maximum atomic E-state index is 10.3. The lowest BCUT2D eigenvalue weighted by atomic mass is 9.45. The average molecular weight is 385 g/mol. The first-order valence-electron chi connectivity index (χ1n) is 12.1. The van der Waals surface area contributed by atoms with Crippen LogP contribution >= 0.6 is 0 Å². The van der Waals surface area contributed by atoms with Gasteiger partial charge in [-0.1, -0.05) is 44.1 Å². The summed E-state index contributed by atoms with van der Waals surface area (Å²) in [5, 5.41) is 10.3. The van der Waals surface area contributed by atoms with E-state index in [0.29, 0.717) is 22.7 Å². The van der Waals surface area contributed by atoms with Crippen molar-refractivity contribution in [1.82, 2.24) is 0 Å². The first-order valence-corrected chi connectivity index (χ1v) is 12.1. The van der Waals surface area contributed by atoms with Gasteiger partial charge in [-0.2, -0.15) is 0 Å². The molecule has 1 unspecified atom stereocenters. The van der Waals surface area contributed by atoms with Gasteiger partial charge >= 0.3 is 0 Å². The predicted molar refractivity (Wildman–Crippen MR) is 114 cm³/mol. The van der Waals surface area contributed by atoms with Crippen LogP contribution in [0.25, 0.3) is 0 Å². The van der Waals surface area contributed by atoms with E-state index in [4.69, 9.17) is 4.74 Å². The van der Waals surface area contributed by atoms with Crippen LogP contribution in [0, 0.1) is 40.4 Å². The van der Waals surface area contributed by atoms with Gasteiger partial charge in [0.1, 0.15) is 0 Å². The summed E-state index contributed by atoms with van der Waals surface area (Å²) in [4.78, 5) is 0. The molecule has 0 radical (unpaired) electrons. The maximum Gasteiger partial charge on any atom is 0.0577 e. The number of aliphatic hydroxyl groups is 1. The lowest BCUT2D eigenvalue weighted by molar-refractivity contribution is -0.0565. The highest BCUT2D eigenvalue weighted by molar-refractivity contribution is 5.32. The molecule has 0 aromatic carbocycles. The molecule has 0 aromatic rings. The van der Waals surface area contributed by atoms with Gasteiger partial charge in [-0.05, 0) is 92.3 Å². The molecule has 3 fully saturated rings. The zero-order valence-corrected chi connectivity index (χ0v) is 18.3. The molecule has 0 spiro atoms. The third-order valence-electron chi connectivity index (χ3n) is 9.96. The van der Waals surface area contributed by atoms with Crippen LogP contribution in [0.3, 0.4) is 0 Å². The smallest absolute Gasteiger partial charge is 0.0577 e. The molecule has 1 heterocycles. The lowest BCUT2D eigenvalue weighted by Crippen LogP contribution is -2.53. The lowest BCUT2D eigenvalue weighted by Gasteiger charge is -2.60. The number of hydrogen-bond donors (Lipinski definition) is 1. The molecule has 0 bridgehead atoms. The molecular weight excluding hydrogens is 344 g/mol. The summed E-state index contributed by atoms with van der Waals surface area (Å²) in [5.74, 6) is 3.84. The topological polar surface area (TPSA) is 29.5 Å². The Morgan fingerprint density at radius 2 is 1.93 bits per heavy atom. The van der Waals surface area contributed by atoms with Crippen LogP contribution in [0.4, 0.5) is 0 Å². The number of fused-ring (bicyclic) bond motifs is 5. The van der Waals surface area contributed by atoms with Crippen LogP contribution in [0.2, 0.25) is 0 Å². The van der Waals surface area contributed by atoms with E-state index < -0.39 is 0 Å². The zero-order chi connectivity index (χ0) is 19.5. The van der Waals surface area contributed by atoms with E-state index in [0.717, 1.165) is 43.8 Å². The molecular formula is C26H40O2. The molecule has 1 saturated heterocycles. The molecule has 1 aliphatic heterocycles. The second-order valence-electron chi connectivity index (χ2n) is 11.1. The summed E-state index contributed by atoms with van der Waals surface area (Å²) in [6.45, 7) is 9.48. The van der Waals surface area contributed by atoms with Crippen molar-refractivity contribution < 1.29 is 9.84 Å². The monoisotopic (exact) mass is 384 g/mol. The summed E-state index contributed by atoms with van der Waals surface area (Å²) in [7, 11) is 0. The van der Waals surface area contributed by atoms with Gasteiger partial charge in [0, 0.05) is 12.5 Å². The molecule has 1 N–H and O–H groups in total. The van der Waals surface area contributed by atoms with Crippen molar-refractivity contribution in [2.24, 2.45) is 40.4 Å². The van der Waals surface area contributed by atoms with Gasteiger partial charge in [0.2, 0.25) is 0 Å². The summed E-state index contributed by atoms with van der Waals surface area (Å²) >= 11 is 0. The normalized spacial score (nSPS) is 50.9. The number of allylic oxidation sites excluding steroid dienone is 2. The Morgan fingerprint density at radius 3 is 2.68 bits per heavy atom. The van der Waals surface area contributed by atoms with Crippen LogP contribution in [-0.4, -0.2) is 24.4 Å². The summed E-state index contributed by atoms with van der Waals surface area (Å²) in [6, 6.07) is 0. The average Bonchev–Trinajstić information content (AvgIpc) is 3.06. The van der Waals surface area contributed by atoms with Gasteiger partial charge in [-0.3, -0.25) is 0 Å². The van der Waals surface area contributed by atoms with E-state index >= 15 is 0 Å². The Balaban J connectivity index is 1.48.